The highest BCUT2D eigenvalue weighted by molar-refractivity contribution is 5.85. The monoisotopic (exact) mass is 419 g/mol. The average molecular weight is 420 g/mol. The molecule has 158 valence electrons. The normalized spacial score (nSPS) is 19.1. The number of aliphatic hydroxyl groups is 1. The van der Waals surface area contributed by atoms with Crippen LogP contribution < -0.4 is 19.5 Å². The quantitative estimate of drug-likeness (QED) is 0.749. The van der Waals surface area contributed by atoms with Crippen molar-refractivity contribution in [3.05, 3.63) is 53.6 Å². The minimum absolute atomic E-state index is 0. The van der Waals surface area contributed by atoms with Crippen molar-refractivity contribution in [3.63, 3.8) is 0 Å². The predicted octanol–water partition coefficient (Wildman–Crippen LogP) is 3.55. The van der Waals surface area contributed by atoms with Crippen LogP contribution >= 0.6 is 12.4 Å². The van der Waals surface area contributed by atoms with Crippen LogP contribution in [0.25, 0.3) is 0 Å². The largest absolute Gasteiger partial charge is 0.490 e. The van der Waals surface area contributed by atoms with E-state index in [2.05, 4.69) is 29.6 Å². The van der Waals surface area contributed by atoms with E-state index < -0.39 is 6.10 Å². The van der Waals surface area contributed by atoms with Gasteiger partial charge in [0.1, 0.15) is 12.7 Å². The molecular formula is C23H30ClNO4. The molecule has 29 heavy (non-hydrogen) atoms. The maximum atomic E-state index is 10.4. The lowest BCUT2D eigenvalue weighted by atomic mass is 9.88. The smallest absolute Gasteiger partial charge is 0.203 e. The Labute approximate surface area is 178 Å². The summed E-state index contributed by atoms with van der Waals surface area (Å²) in [6.45, 7) is 2.08. The zero-order valence-corrected chi connectivity index (χ0v) is 17.5. The van der Waals surface area contributed by atoms with Crippen LogP contribution in [0.3, 0.4) is 0 Å². The summed E-state index contributed by atoms with van der Waals surface area (Å²) < 4.78 is 17.4. The second kappa shape index (κ2) is 10.7. The van der Waals surface area contributed by atoms with Crippen LogP contribution in [0.2, 0.25) is 0 Å². The highest BCUT2D eigenvalue weighted by atomic mass is 35.5. The van der Waals surface area contributed by atoms with Crippen LogP contribution in [-0.4, -0.2) is 43.6 Å². The average Bonchev–Trinajstić information content (AvgIpc) is 2.71. The van der Waals surface area contributed by atoms with Crippen molar-refractivity contribution in [1.82, 2.24) is 5.32 Å². The van der Waals surface area contributed by atoms with E-state index in [0.29, 0.717) is 43.0 Å². The summed E-state index contributed by atoms with van der Waals surface area (Å²) in [5, 5.41) is 13.9. The SMILES string of the molecule is Cl.OC(CNC1CCc2ccccc2C1)COc1cccc2c1OCCCCO2. The van der Waals surface area contributed by atoms with Crippen molar-refractivity contribution in [2.75, 3.05) is 26.4 Å². The molecule has 4 rings (SSSR count). The molecule has 2 unspecified atom stereocenters. The summed E-state index contributed by atoms with van der Waals surface area (Å²) in [4.78, 5) is 0. The number of fused-ring (bicyclic) bond motifs is 2. The first-order valence-electron chi connectivity index (χ1n) is 10.3. The first-order chi connectivity index (χ1) is 13.8. The maximum Gasteiger partial charge on any atom is 0.203 e. The summed E-state index contributed by atoms with van der Waals surface area (Å²) in [5.74, 6) is 1.99. The maximum absolute atomic E-state index is 10.4. The molecule has 5 nitrogen and oxygen atoms in total. The Kier molecular flexibility index (Phi) is 8.04. The molecule has 2 aliphatic rings. The molecule has 0 fully saturated rings. The summed E-state index contributed by atoms with van der Waals surface area (Å²) in [6.07, 6.45) is 4.57. The number of halogens is 1. The van der Waals surface area contributed by atoms with Crippen LogP contribution in [0, 0.1) is 0 Å². The second-order valence-corrected chi connectivity index (χ2v) is 7.57. The lowest BCUT2D eigenvalue weighted by molar-refractivity contribution is 0.0994. The molecule has 0 saturated heterocycles. The van der Waals surface area contributed by atoms with Gasteiger partial charge in [-0.25, -0.2) is 0 Å². The van der Waals surface area contributed by atoms with Gasteiger partial charge in [-0.05, 0) is 55.4 Å². The molecule has 2 aromatic carbocycles. The van der Waals surface area contributed by atoms with E-state index in [4.69, 9.17) is 14.2 Å². The summed E-state index contributed by atoms with van der Waals surface area (Å²) in [5.41, 5.74) is 2.87. The van der Waals surface area contributed by atoms with Crippen LogP contribution in [0.1, 0.15) is 30.4 Å². The van der Waals surface area contributed by atoms with Crippen molar-refractivity contribution in [2.24, 2.45) is 0 Å². The third-order valence-electron chi connectivity index (χ3n) is 5.41. The number of benzene rings is 2. The summed E-state index contributed by atoms with van der Waals surface area (Å²) >= 11 is 0. The Bertz CT molecular complexity index is 785. The van der Waals surface area contributed by atoms with Crippen LogP contribution in [0.4, 0.5) is 0 Å². The van der Waals surface area contributed by atoms with Gasteiger partial charge in [0.15, 0.2) is 11.5 Å². The number of aryl methyl sites for hydroxylation is 1. The van der Waals surface area contributed by atoms with E-state index in [1.54, 1.807) is 0 Å². The van der Waals surface area contributed by atoms with Gasteiger partial charge < -0.3 is 24.6 Å². The minimum atomic E-state index is -0.581. The molecule has 0 bridgehead atoms. The van der Waals surface area contributed by atoms with Crippen molar-refractivity contribution < 1.29 is 19.3 Å². The van der Waals surface area contributed by atoms with Gasteiger partial charge >= 0.3 is 0 Å². The zero-order valence-electron chi connectivity index (χ0n) is 16.6. The number of nitrogens with one attached hydrogen (secondary N) is 1. The van der Waals surface area contributed by atoms with Gasteiger partial charge in [0.25, 0.3) is 0 Å². The predicted molar refractivity (Wildman–Crippen MR) is 116 cm³/mol. The van der Waals surface area contributed by atoms with Crippen LogP contribution in [0.5, 0.6) is 17.2 Å². The number of hydrogen-bond acceptors (Lipinski definition) is 5. The fourth-order valence-corrected chi connectivity index (χ4v) is 3.85. The van der Waals surface area contributed by atoms with E-state index in [-0.39, 0.29) is 19.0 Å². The lowest BCUT2D eigenvalue weighted by Gasteiger charge is -2.26. The Hall–Kier alpha value is -1.95. The molecule has 2 aromatic rings. The molecule has 2 atom stereocenters. The van der Waals surface area contributed by atoms with Crippen molar-refractivity contribution in [3.8, 4) is 17.2 Å². The lowest BCUT2D eigenvalue weighted by Crippen LogP contribution is -2.40. The van der Waals surface area contributed by atoms with E-state index in [1.165, 1.54) is 11.1 Å². The zero-order chi connectivity index (χ0) is 19.2. The standard InChI is InChI=1S/C23H29NO4.ClH/c25-20(15-24-19-11-10-17-6-1-2-7-18(17)14-19)16-28-22-9-5-8-21-23(22)27-13-4-3-12-26-21;/h1-2,5-9,19-20,24-25H,3-4,10-16H2;1H. The fraction of sp³-hybridized carbons (Fsp3) is 0.478. The van der Waals surface area contributed by atoms with Gasteiger partial charge in [0.2, 0.25) is 5.75 Å². The molecule has 0 spiro atoms. The molecular weight excluding hydrogens is 390 g/mol. The van der Waals surface area contributed by atoms with E-state index in [1.807, 2.05) is 18.2 Å². The molecule has 0 amide bonds. The number of rotatable bonds is 6. The van der Waals surface area contributed by atoms with E-state index >= 15 is 0 Å². The molecule has 1 heterocycles. The van der Waals surface area contributed by atoms with Gasteiger partial charge in [-0.3, -0.25) is 0 Å². The first kappa shape index (κ1) is 21.8. The molecule has 0 saturated carbocycles. The Morgan fingerprint density at radius 2 is 1.83 bits per heavy atom. The van der Waals surface area contributed by atoms with Crippen molar-refractivity contribution in [2.45, 2.75) is 44.2 Å². The van der Waals surface area contributed by atoms with Crippen molar-refractivity contribution in [1.29, 1.82) is 0 Å². The second-order valence-electron chi connectivity index (χ2n) is 7.57. The Balaban J connectivity index is 0.00000240. The topological polar surface area (TPSA) is 60.0 Å². The minimum Gasteiger partial charge on any atom is -0.490 e. The van der Waals surface area contributed by atoms with Gasteiger partial charge in [-0.15, -0.1) is 12.4 Å². The van der Waals surface area contributed by atoms with Gasteiger partial charge in [0.05, 0.1) is 13.2 Å². The molecule has 0 radical (unpaired) electrons. The van der Waals surface area contributed by atoms with Crippen molar-refractivity contribution >= 4 is 12.4 Å². The number of hydrogen-bond donors (Lipinski definition) is 2. The van der Waals surface area contributed by atoms with Gasteiger partial charge in [-0.2, -0.15) is 0 Å². The molecule has 1 aliphatic heterocycles. The molecule has 2 N–H and O–H groups in total. The first-order valence-corrected chi connectivity index (χ1v) is 10.3. The number of ether oxygens (including phenoxy) is 3. The third-order valence-corrected chi connectivity index (χ3v) is 5.41. The molecule has 6 heteroatoms. The van der Waals surface area contributed by atoms with Crippen LogP contribution in [-0.2, 0) is 12.8 Å². The third kappa shape index (κ3) is 5.78. The van der Waals surface area contributed by atoms with Gasteiger partial charge in [-0.1, -0.05) is 30.3 Å². The number of aliphatic hydroxyl groups excluding tert-OH is 1. The van der Waals surface area contributed by atoms with E-state index in [0.717, 1.165) is 32.1 Å². The summed E-state index contributed by atoms with van der Waals surface area (Å²) in [7, 11) is 0. The summed E-state index contributed by atoms with van der Waals surface area (Å²) in [6, 6.07) is 14.7. The van der Waals surface area contributed by atoms with Gasteiger partial charge in [0, 0.05) is 12.6 Å². The van der Waals surface area contributed by atoms with E-state index in [9.17, 15) is 5.11 Å². The highest BCUT2D eigenvalue weighted by Gasteiger charge is 2.20. The highest BCUT2D eigenvalue weighted by Crippen LogP contribution is 2.38. The Morgan fingerprint density at radius 1 is 1.03 bits per heavy atom. The Morgan fingerprint density at radius 3 is 2.69 bits per heavy atom. The molecule has 0 aromatic heterocycles. The molecule has 1 aliphatic carbocycles. The number of para-hydroxylation sites is 1. The fourth-order valence-electron chi connectivity index (χ4n) is 3.85. The van der Waals surface area contributed by atoms with Crippen LogP contribution in [0.15, 0.2) is 42.5 Å².